The van der Waals surface area contributed by atoms with Gasteiger partial charge in [-0.1, -0.05) is 6.42 Å². The summed E-state index contributed by atoms with van der Waals surface area (Å²) in [5.74, 6) is 2.30. The van der Waals surface area contributed by atoms with Crippen LogP contribution >= 0.6 is 0 Å². The van der Waals surface area contributed by atoms with Gasteiger partial charge in [-0.15, -0.1) is 0 Å². The van der Waals surface area contributed by atoms with Crippen LogP contribution in [0.5, 0.6) is 0 Å². The molecule has 4 nitrogen and oxygen atoms in total. The van der Waals surface area contributed by atoms with Gasteiger partial charge in [-0.3, -0.25) is 0 Å². The zero-order valence-corrected chi connectivity index (χ0v) is 11.2. The monoisotopic (exact) mass is 247 g/mol. The molecule has 0 aromatic carbocycles. The van der Waals surface area contributed by atoms with Gasteiger partial charge in [0.25, 0.3) is 0 Å². The lowest BCUT2D eigenvalue weighted by Gasteiger charge is -2.31. The molecule has 3 atom stereocenters. The molecular formula is C14H21N3O. The maximum Gasteiger partial charge on any atom is 0.225 e. The SMILES string of the molecule is CO[C@@H]1CCC[C@@H]2CN(c3ncc(C)cn3)C[C@@H]21. The Kier molecular flexibility index (Phi) is 3.20. The Balaban J connectivity index is 1.75. The zero-order chi connectivity index (χ0) is 12.5. The van der Waals surface area contributed by atoms with Crippen LogP contribution in [0.15, 0.2) is 12.4 Å². The van der Waals surface area contributed by atoms with Gasteiger partial charge in [-0.25, -0.2) is 9.97 Å². The van der Waals surface area contributed by atoms with E-state index in [1.165, 1.54) is 19.3 Å². The maximum absolute atomic E-state index is 5.64. The van der Waals surface area contributed by atoms with Crippen molar-refractivity contribution >= 4 is 5.95 Å². The van der Waals surface area contributed by atoms with Gasteiger partial charge in [0.2, 0.25) is 5.95 Å². The lowest BCUT2D eigenvalue weighted by Crippen LogP contribution is -2.33. The van der Waals surface area contributed by atoms with Crippen LogP contribution in [-0.2, 0) is 4.74 Å². The Bertz CT molecular complexity index is 406. The van der Waals surface area contributed by atoms with Gasteiger partial charge in [0.05, 0.1) is 6.10 Å². The molecule has 1 aromatic heterocycles. The third kappa shape index (κ3) is 2.09. The summed E-state index contributed by atoms with van der Waals surface area (Å²) in [5.41, 5.74) is 1.12. The van der Waals surface area contributed by atoms with Gasteiger partial charge < -0.3 is 9.64 Å². The van der Waals surface area contributed by atoms with Crippen LogP contribution in [0.25, 0.3) is 0 Å². The predicted molar refractivity (Wildman–Crippen MR) is 70.6 cm³/mol. The second kappa shape index (κ2) is 4.84. The summed E-state index contributed by atoms with van der Waals surface area (Å²) in [6.45, 7) is 4.16. The first-order chi connectivity index (χ1) is 8.78. The molecule has 1 aromatic rings. The van der Waals surface area contributed by atoms with Crippen molar-refractivity contribution in [2.45, 2.75) is 32.3 Å². The summed E-state index contributed by atoms with van der Waals surface area (Å²) in [7, 11) is 1.85. The third-order valence-electron chi connectivity index (χ3n) is 4.39. The Morgan fingerprint density at radius 3 is 2.72 bits per heavy atom. The van der Waals surface area contributed by atoms with Crippen LogP contribution in [0.2, 0.25) is 0 Å². The fourth-order valence-corrected chi connectivity index (χ4v) is 3.42. The minimum atomic E-state index is 0.430. The molecule has 0 bridgehead atoms. The highest BCUT2D eigenvalue weighted by molar-refractivity contribution is 5.32. The Hall–Kier alpha value is -1.16. The summed E-state index contributed by atoms with van der Waals surface area (Å²) in [6.07, 6.45) is 8.06. The largest absolute Gasteiger partial charge is 0.381 e. The standard InChI is InChI=1S/C14H21N3O/c1-10-6-15-14(16-7-10)17-8-11-4-3-5-13(18-2)12(11)9-17/h6-7,11-13H,3-5,8-9H2,1-2H3/t11-,12+,13-/m1/s1. The van der Waals surface area contributed by atoms with E-state index in [1.807, 2.05) is 26.4 Å². The third-order valence-corrected chi connectivity index (χ3v) is 4.39. The molecule has 0 spiro atoms. The Labute approximate surface area is 108 Å². The second-order valence-electron chi connectivity index (χ2n) is 5.59. The van der Waals surface area contributed by atoms with Crippen LogP contribution in [0.1, 0.15) is 24.8 Å². The number of fused-ring (bicyclic) bond motifs is 1. The van der Waals surface area contributed by atoms with Gasteiger partial charge in [0, 0.05) is 38.5 Å². The molecule has 4 heteroatoms. The number of anilines is 1. The van der Waals surface area contributed by atoms with E-state index in [2.05, 4.69) is 14.9 Å². The molecule has 2 heterocycles. The molecule has 1 saturated carbocycles. The summed E-state index contributed by atoms with van der Waals surface area (Å²) in [4.78, 5) is 11.2. The fraction of sp³-hybridized carbons (Fsp3) is 0.714. The number of aryl methyl sites for hydroxylation is 1. The van der Waals surface area contributed by atoms with Gasteiger partial charge in [-0.05, 0) is 31.2 Å². The molecule has 1 aliphatic carbocycles. The minimum absolute atomic E-state index is 0.430. The number of hydrogen-bond acceptors (Lipinski definition) is 4. The molecular weight excluding hydrogens is 226 g/mol. The molecule has 98 valence electrons. The lowest BCUT2D eigenvalue weighted by molar-refractivity contribution is 0.0140. The van der Waals surface area contributed by atoms with E-state index in [-0.39, 0.29) is 0 Å². The summed E-state index contributed by atoms with van der Waals surface area (Å²) >= 11 is 0. The first-order valence-electron chi connectivity index (χ1n) is 6.84. The van der Waals surface area contributed by atoms with Crippen molar-refractivity contribution in [2.24, 2.45) is 11.8 Å². The number of hydrogen-bond donors (Lipinski definition) is 0. The first kappa shape index (κ1) is 11.9. The van der Waals surface area contributed by atoms with E-state index in [1.54, 1.807) is 0 Å². The minimum Gasteiger partial charge on any atom is -0.381 e. The smallest absolute Gasteiger partial charge is 0.225 e. The number of methoxy groups -OCH3 is 1. The lowest BCUT2D eigenvalue weighted by atomic mass is 9.79. The average molecular weight is 247 g/mol. The molecule has 1 saturated heterocycles. The highest BCUT2D eigenvalue weighted by Crippen LogP contribution is 2.38. The highest BCUT2D eigenvalue weighted by Gasteiger charge is 2.41. The van der Waals surface area contributed by atoms with Gasteiger partial charge >= 0.3 is 0 Å². The molecule has 2 aliphatic rings. The molecule has 18 heavy (non-hydrogen) atoms. The van der Waals surface area contributed by atoms with Crippen LogP contribution in [0, 0.1) is 18.8 Å². The molecule has 3 rings (SSSR count). The summed E-state index contributed by atoms with van der Waals surface area (Å²) in [5, 5.41) is 0. The average Bonchev–Trinajstić information content (AvgIpc) is 2.83. The van der Waals surface area contributed by atoms with E-state index >= 15 is 0 Å². The number of aromatic nitrogens is 2. The molecule has 2 fully saturated rings. The van der Waals surface area contributed by atoms with Crippen LogP contribution < -0.4 is 4.90 Å². The van der Waals surface area contributed by atoms with Crippen molar-refractivity contribution in [3.63, 3.8) is 0 Å². The number of nitrogens with zero attached hydrogens (tertiary/aromatic N) is 3. The Morgan fingerprint density at radius 1 is 1.22 bits per heavy atom. The molecule has 0 radical (unpaired) electrons. The van der Waals surface area contributed by atoms with E-state index in [0.29, 0.717) is 12.0 Å². The van der Waals surface area contributed by atoms with Crippen molar-refractivity contribution in [3.8, 4) is 0 Å². The van der Waals surface area contributed by atoms with Crippen molar-refractivity contribution in [3.05, 3.63) is 18.0 Å². The van der Waals surface area contributed by atoms with E-state index in [0.717, 1.165) is 30.5 Å². The molecule has 0 amide bonds. The van der Waals surface area contributed by atoms with E-state index in [9.17, 15) is 0 Å². The zero-order valence-electron chi connectivity index (χ0n) is 11.2. The van der Waals surface area contributed by atoms with Crippen molar-refractivity contribution in [1.29, 1.82) is 0 Å². The van der Waals surface area contributed by atoms with Gasteiger partial charge in [0.15, 0.2) is 0 Å². The quantitative estimate of drug-likeness (QED) is 0.801. The normalized spacial score (nSPS) is 31.4. The predicted octanol–water partition coefficient (Wildman–Crippen LogP) is 2.04. The second-order valence-corrected chi connectivity index (χ2v) is 5.59. The Morgan fingerprint density at radius 2 is 2.00 bits per heavy atom. The highest BCUT2D eigenvalue weighted by atomic mass is 16.5. The van der Waals surface area contributed by atoms with E-state index in [4.69, 9.17) is 4.74 Å². The van der Waals surface area contributed by atoms with Crippen LogP contribution in [0.3, 0.4) is 0 Å². The molecule has 0 N–H and O–H groups in total. The van der Waals surface area contributed by atoms with Gasteiger partial charge in [-0.2, -0.15) is 0 Å². The van der Waals surface area contributed by atoms with Crippen LogP contribution in [-0.4, -0.2) is 36.3 Å². The summed E-state index contributed by atoms with van der Waals surface area (Å²) < 4.78 is 5.64. The van der Waals surface area contributed by atoms with Crippen molar-refractivity contribution in [2.75, 3.05) is 25.1 Å². The van der Waals surface area contributed by atoms with Crippen molar-refractivity contribution < 1.29 is 4.74 Å². The topological polar surface area (TPSA) is 38.2 Å². The fourth-order valence-electron chi connectivity index (χ4n) is 3.42. The van der Waals surface area contributed by atoms with Gasteiger partial charge in [0.1, 0.15) is 0 Å². The molecule has 1 aliphatic heterocycles. The van der Waals surface area contributed by atoms with Crippen molar-refractivity contribution in [1.82, 2.24) is 9.97 Å². The molecule has 0 unspecified atom stereocenters. The van der Waals surface area contributed by atoms with Crippen LogP contribution in [0.4, 0.5) is 5.95 Å². The number of rotatable bonds is 2. The number of ether oxygens (including phenoxy) is 1. The summed E-state index contributed by atoms with van der Waals surface area (Å²) in [6, 6.07) is 0. The first-order valence-corrected chi connectivity index (χ1v) is 6.84. The maximum atomic E-state index is 5.64. The van der Waals surface area contributed by atoms with E-state index < -0.39 is 0 Å².